The molecule has 0 saturated carbocycles. The van der Waals surface area contributed by atoms with Crippen LogP contribution in [0.15, 0.2) is 24.3 Å². The minimum Gasteiger partial charge on any atom is -0.423 e. The van der Waals surface area contributed by atoms with E-state index in [9.17, 15) is 4.79 Å². The third-order valence-electron chi connectivity index (χ3n) is 3.76. The lowest BCUT2D eigenvalue weighted by atomic mass is 9.80. The van der Waals surface area contributed by atoms with Crippen LogP contribution in [-0.4, -0.2) is 28.4 Å². The third kappa shape index (κ3) is 9.79. The minimum absolute atomic E-state index is 0.0214. The fourth-order valence-electron chi connectivity index (χ4n) is 2.44. The first-order chi connectivity index (χ1) is 11.1. The molecule has 0 aromatic heterocycles. The van der Waals surface area contributed by atoms with Crippen molar-refractivity contribution in [3.8, 4) is 0 Å². The Labute approximate surface area is 148 Å². The zero-order chi connectivity index (χ0) is 16.9. The van der Waals surface area contributed by atoms with Crippen LogP contribution in [0.1, 0.15) is 57.8 Å². The second-order valence-corrected chi connectivity index (χ2v) is 6.61. The maximum absolute atomic E-state index is 11.9. The number of rotatable bonds is 12. The van der Waals surface area contributed by atoms with Crippen LogP contribution in [0.5, 0.6) is 0 Å². The van der Waals surface area contributed by atoms with Gasteiger partial charge in [0.2, 0.25) is 5.91 Å². The summed E-state index contributed by atoms with van der Waals surface area (Å²) in [5, 5.41) is 22.1. The number of hydrogen-bond acceptors (Lipinski definition) is 3. The first-order valence-corrected chi connectivity index (χ1v) is 9.57. The molecule has 0 bridgehead atoms. The molecule has 0 aliphatic rings. The first kappa shape index (κ1) is 20.2. The van der Waals surface area contributed by atoms with E-state index in [4.69, 9.17) is 10.0 Å². The van der Waals surface area contributed by atoms with Gasteiger partial charge in [-0.05, 0) is 30.4 Å². The molecule has 1 rings (SSSR count). The molecule has 0 spiro atoms. The Balaban J connectivity index is 2.09. The highest BCUT2D eigenvalue weighted by atomic mass is 79.9. The lowest BCUT2D eigenvalue weighted by Gasteiger charge is -2.07. The van der Waals surface area contributed by atoms with Crippen molar-refractivity contribution >= 4 is 40.1 Å². The van der Waals surface area contributed by atoms with Crippen molar-refractivity contribution in [2.75, 3.05) is 10.6 Å². The summed E-state index contributed by atoms with van der Waals surface area (Å²) in [6.45, 7) is 0. The number of benzene rings is 1. The van der Waals surface area contributed by atoms with Crippen LogP contribution >= 0.6 is 15.9 Å². The molecule has 0 unspecified atom stereocenters. The molecule has 0 fully saturated rings. The number of nitrogens with one attached hydrogen (secondary N) is 1. The first-order valence-electron chi connectivity index (χ1n) is 8.45. The Morgan fingerprint density at radius 3 is 2.22 bits per heavy atom. The molecule has 1 amide bonds. The van der Waals surface area contributed by atoms with E-state index in [1.165, 1.54) is 38.5 Å². The van der Waals surface area contributed by atoms with Crippen molar-refractivity contribution in [1.29, 1.82) is 0 Å². The SMILES string of the molecule is O=C(CCCCCCCCCCBr)Nc1cccc(B(O)O)c1. The van der Waals surface area contributed by atoms with Gasteiger partial charge in [0.25, 0.3) is 0 Å². The lowest BCUT2D eigenvalue weighted by Crippen LogP contribution is -2.30. The minimum atomic E-state index is -1.51. The van der Waals surface area contributed by atoms with Crippen LogP contribution in [0.3, 0.4) is 0 Å². The highest BCUT2D eigenvalue weighted by Crippen LogP contribution is 2.11. The third-order valence-corrected chi connectivity index (χ3v) is 4.32. The highest BCUT2D eigenvalue weighted by molar-refractivity contribution is 9.09. The van der Waals surface area contributed by atoms with Crippen LogP contribution in [-0.2, 0) is 4.79 Å². The van der Waals surface area contributed by atoms with E-state index in [2.05, 4.69) is 21.2 Å². The van der Waals surface area contributed by atoms with Crippen molar-refractivity contribution in [1.82, 2.24) is 0 Å². The molecular weight excluding hydrogens is 357 g/mol. The van der Waals surface area contributed by atoms with Crippen molar-refractivity contribution in [2.24, 2.45) is 0 Å². The molecule has 0 radical (unpaired) electrons. The Hall–Kier alpha value is -0.845. The fourth-order valence-corrected chi connectivity index (χ4v) is 2.84. The Bertz CT molecular complexity index is 457. The number of alkyl halides is 1. The van der Waals surface area contributed by atoms with Gasteiger partial charge < -0.3 is 15.4 Å². The number of hydrogen-bond donors (Lipinski definition) is 3. The van der Waals surface area contributed by atoms with E-state index in [-0.39, 0.29) is 5.91 Å². The van der Waals surface area contributed by atoms with Gasteiger partial charge in [0, 0.05) is 17.4 Å². The molecule has 1 aromatic rings. The number of unbranched alkanes of at least 4 members (excludes halogenated alkanes) is 7. The fraction of sp³-hybridized carbons (Fsp3) is 0.588. The van der Waals surface area contributed by atoms with Crippen molar-refractivity contribution in [3.63, 3.8) is 0 Å². The summed E-state index contributed by atoms with van der Waals surface area (Å²) < 4.78 is 0. The molecule has 1 aromatic carbocycles. The topological polar surface area (TPSA) is 69.6 Å². The monoisotopic (exact) mass is 383 g/mol. The van der Waals surface area contributed by atoms with Gasteiger partial charge in [-0.2, -0.15) is 0 Å². The maximum atomic E-state index is 11.9. The summed E-state index contributed by atoms with van der Waals surface area (Å²) >= 11 is 3.44. The van der Waals surface area contributed by atoms with E-state index < -0.39 is 7.12 Å². The lowest BCUT2D eigenvalue weighted by molar-refractivity contribution is -0.116. The summed E-state index contributed by atoms with van der Waals surface area (Å²) in [6.07, 6.45) is 10.1. The molecule has 0 aliphatic carbocycles. The van der Waals surface area contributed by atoms with Gasteiger partial charge in [-0.3, -0.25) is 4.79 Å². The molecule has 6 heteroatoms. The molecule has 0 heterocycles. The molecule has 0 atom stereocenters. The molecule has 3 N–H and O–H groups in total. The summed E-state index contributed by atoms with van der Waals surface area (Å²) in [5.74, 6) is -0.0214. The predicted molar refractivity (Wildman–Crippen MR) is 100 cm³/mol. The normalized spacial score (nSPS) is 10.6. The smallest absolute Gasteiger partial charge is 0.423 e. The van der Waals surface area contributed by atoms with E-state index in [0.717, 1.165) is 18.2 Å². The van der Waals surface area contributed by atoms with Gasteiger partial charge >= 0.3 is 7.12 Å². The quantitative estimate of drug-likeness (QED) is 0.295. The Morgan fingerprint density at radius 1 is 1.00 bits per heavy atom. The zero-order valence-electron chi connectivity index (χ0n) is 13.6. The largest absolute Gasteiger partial charge is 0.488 e. The number of anilines is 1. The van der Waals surface area contributed by atoms with Crippen LogP contribution in [0.2, 0.25) is 0 Å². The van der Waals surface area contributed by atoms with Crippen LogP contribution in [0, 0.1) is 0 Å². The molecule has 0 aliphatic heterocycles. The Kier molecular flexibility index (Phi) is 11.0. The van der Waals surface area contributed by atoms with Gasteiger partial charge in [0.05, 0.1) is 0 Å². The maximum Gasteiger partial charge on any atom is 0.488 e. The number of carbonyl (C=O) groups is 1. The van der Waals surface area contributed by atoms with Gasteiger partial charge in [-0.25, -0.2) is 0 Å². The van der Waals surface area contributed by atoms with Crippen molar-refractivity contribution in [3.05, 3.63) is 24.3 Å². The van der Waals surface area contributed by atoms with Crippen LogP contribution in [0.25, 0.3) is 0 Å². The average Bonchev–Trinajstić information content (AvgIpc) is 2.53. The van der Waals surface area contributed by atoms with Crippen LogP contribution in [0.4, 0.5) is 5.69 Å². The van der Waals surface area contributed by atoms with Gasteiger partial charge in [0.15, 0.2) is 0 Å². The second kappa shape index (κ2) is 12.6. The van der Waals surface area contributed by atoms with E-state index in [1.54, 1.807) is 24.3 Å². The van der Waals surface area contributed by atoms with Gasteiger partial charge in [-0.15, -0.1) is 0 Å². The van der Waals surface area contributed by atoms with E-state index >= 15 is 0 Å². The summed E-state index contributed by atoms with van der Waals surface area (Å²) in [7, 11) is -1.51. The zero-order valence-corrected chi connectivity index (χ0v) is 15.2. The number of amides is 1. The molecule has 23 heavy (non-hydrogen) atoms. The summed E-state index contributed by atoms with van der Waals surface area (Å²) in [4.78, 5) is 11.9. The summed E-state index contributed by atoms with van der Waals surface area (Å²) in [6, 6.07) is 6.63. The summed E-state index contributed by atoms with van der Waals surface area (Å²) in [5.41, 5.74) is 0.982. The van der Waals surface area contributed by atoms with E-state index in [0.29, 0.717) is 17.6 Å². The van der Waals surface area contributed by atoms with Crippen LogP contribution < -0.4 is 10.8 Å². The van der Waals surface area contributed by atoms with Crippen molar-refractivity contribution in [2.45, 2.75) is 57.8 Å². The molecular formula is C17H27BBrNO3. The number of carbonyl (C=O) groups excluding carboxylic acids is 1. The standard InChI is InChI=1S/C17H27BBrNO3/c19-13-8-6-4-2-1-3-5-7-12-17(21)20-16-11-9-10-15(14-16)18(22)23/h9-11,14,22-23H,1-8,12-13H2,(H,20,21). The number of halogens is 1. The highest BCUT2D eigenvalue weighted by Gasteiger charge is 2.11. The second-order valence-electron chi connectivity index (χ2n) is 5.81. The van der Waals surface area contributed by atoms with E-state index in [1.807, 2.05) is 0 Å². The predicted octanol–water partition coefficient (Wildman–Crippen LogP) is 3.21. The molecule has 128 valence electrons. The van der Waals surface area contributed by atoms with Gasteiger partial charge in [0.1, 0.15) is 0 Å². The molecule has 4 nitrogen and oxygen atoms in total. The molecule has 0 saturated heterocycles. The van der Waals surface area contributed by atoms with Gasteiger partial charge in [-0.1, -0.05) is 66.6 Å². The average molecular weight is 384 g/mol. The Morgan fingerprint density at radius 2 is 1.61 bits per heavy atom. The van der Waals surface area contributed by atoms with Crippen molar-refractivity contribution < 1.29 is 14.8 Å².